The molecule has 1 N–H and O–H groups in total. The molecule has 0 aromatic carbocycles. The number of ketones is 1. The van der Waals surface area contributed by atoms with Crippen LogP contribution < -0.4 is 5.32 Å². The van der Waals surface area contributed by atoms with E-state index in [1.54, 1.807) is 6.08 Å². The van der Waals surface area contributed by atoms with Gasteiger partial charge in [-0.05, 0) is 32.1 Å². The third-order valence-electron chi connectivity index (χ3n) is 3.36. The van der Waals surface area contributed by atoms with Crippen LogP contribution in [0.25, 0.3) is 0 Å². The first kappa shape index (κ1) is 10.7. The summed E-state index contributed by atoms with van der Waals surface area (Å²) in [5.74, 6) is 0.951. The topological polar surface area (TPSA) is 38.3 Å². The number of rotatable bonds is 3. The molecular weight excluding hydrogens is 190 g/mol. The maximum Gasteiger partial charge on any atom is 0.157 e. The van der Waals surface area contributed by atoms with Gasteiger partial charge in [0, 0.05) is 37.4 Å². The largest absolute Gasteiger partial charge is 0.385 e. The number of ether oxygens (including phenoxy) is 1. The van der Waals surface area contributed by atoms with Crippen LogP contribution in [0.4, 0.5) is 0 Å². The molecule has 0 amide bonds. The molecule has 1 aliphatic heterocycles. The third-order valence-corrected chi connectivity index (χ3v) is 3.36. The molecule has 0 radical (unpaired) electrons. The molecular formula is C12H19NO2. The highest BCUT2D eigenvalue weighted by Crippen LogP contribution is 2.21. The van der Waals surface area contributed by atoms with Crippen molar-refractivity contribution in [2.24, 2.45) is 5.92 Å². The van der Waals surface area contributed by atoms with Gasteiger partial charge in [-0.3, -0.25) is 4.79 Å². The monoisotopic (exact) mass is 209 g/mol. The van der Waals surface area contributed by atoms with Crippen molar-refractivity contribution in [1.29, 1.82) is 0 Å². The molecule has 84 valence electrons. The van der Waals surface area contributed by atoms with Crippen LogP contribution in [0.1, 0.15) is 32.6 Å². The van der Waals surface area contributed by atoms with Gasteiger partial charge < -0.3 is 10.1 Å². The fourth-order valence-electron chi connectivity index (χ4n) is 2.34. The lowest BCUT2D eigenvalue weighted by Gasteiger charge is -2.29. The zero-order chi connectivity index (χ0) is 10.7. The standard InChI is InChI=1S/C12H19NO2/c1-9(10-4-6-15-7-5-10)13-11-2-3-12(14)8-11/h8-10,13H,2-7H2,1H3. The summed E-state index contributed by atoms with van der Waals surface area (Å²) in [4.78, 5) is 11.1. The van der Waals surface area contributed by atoms with Gasteiger partial charge in [-0.15, -0.1) is 0 Å². The van der Waals surface area contributed by atoms with Gasteiger partial charge in [-0.1, -0.05) is 0 Å². The van der Waals surface area contributed by atoms with Gasteiger partial charge in [0.15, 0.2) is 5.78 Å². The van der Waals surface area contributed by atoms with Crippen LogP contribution >= 0.6 is 0 Å². The molecule has 2 aliphatic rings. The van der Waals surface area contributed by atoms with E-state index in [-0.39, 0.29) is 5.78 Å². The Labute approximate surface area is 90.9 Å². The zero-order valence-electron chi connectivity index (χ0n) is 9.29. The highest BCUT2D eigenvalue weighted by Gasteiger charge is 2.22. The summed E-state index contributed by atoms with van der Waals surface area (Å²) in [7, 11) is 0. The second-order valence-corrected chi connectivity index (χ2v) is 4.52. The Balaban J connectivity index is 1.83. The molecule has 0 aromatic rings. The van der Waals surface area contributed by atoms with Crippen molar-refractivity contribution in [3.63, 3.8) is 0 Å². The fourth-order valence-corrected chi connectivity index (χ4v) is 2.34. The first-order valence-corrected chi connectivity index (χ1v) is 5.83. The SMILES string of the molecule is CC(NC1=CC(=O)CC1)C1CCOCC1. The van der Waals surface area contributed by atoms with Gasteiger partial charge in [0.05, 0.1) is 0 Å². The molecule has 1 aliphatic carbocycles. The summed E-state index contributed by atoms with van der Waals surface area (Å²) < 4.78 is 5.34. The molecule has 15 heavy (non-hydrogen) atoms. The van der Waals surface area contributed by atoms with Crippen LogP contribution in [0, 0.1) is 5.92 Å². The van der Waals surface area contributed by atoms with E-state index >= 15 is 0 Å². The van der Waals surface area contributed by atoms with Gasteiger partial charge in [0.25, 0.3) is 0 Å². The molecule has 0 aromatic heterocycles. The molecule has 0 bridgehead atoms. The van der Waals surface area contributed by atoms with Crippen LogP contribution in [-0.4, -0.2) is 25.0 Å². The summed E-state index contributed by atoms with van der Waals surface area (Å²) in [6, 6.07) is 0.464. The normalized spacial score (nSPS) is 25.1. The summed E-state index contributed by atoms with van der Waals surface area (Å²) in [6.45, 7) is 3.98. The lowest BCUT2D eigenvalue weighted by Crippen LogP contribution is -2.35. The predicted octanol–water partition coefficient (Wildman–Crippen LogP) is 1.64. The molecule has 2 rings (SSSR count). The van der Waals surface area contributed by atoms with E-state index in [2.05, 4.69) is 12.2 Å². The number of nitrogens with one attached hydrogen (secondary N) is 1. The van der Waals surface area contributed by atoms with Crippen molar-refractivity contribution in [3.8, 4) is 0 Å². The highest BCUT2D eigenvalue weighted by molar-refractivity contribution is 5.92. The van der Waals surface area contributed by atoms with Gasteiger partial charge in [-0.25, -0.2) is 0 Å². The average Bonchev–Trinajstić information content (AvgIpc) is 2.65. The van der Waals surface area contributed by atoms with Gasteiger partial charge >= 0.3 is 0 Å². The Bertz CT molecular complexity index is 267. The Hall–Kier alpha value is -0.830. The second kappa shape index (κ2) is 4.79. The minimum Gasteiger partial charge on any atom is -0.385 e. The Morgan fingerprint density at radius 2 is 2.13 bits per heavy atom. The molecule has 3 nitrogen and oxygen atoms in total. The van der Waals surface area contributed by atoms with E-state index in [0.29, 0.717) is 18.4 Å². The highest BCUT2D eigenvalue weighted by atomic mass is 16.5. The summed E-state index contributed by atoms with van der Waals surface area (Å²) in [6.07, 6.45) is 5.61. The molecule has 1 atom stereocenters. The zero-order valence-corrected chi connectivity index (χ0v) is 9.29. The molecule has 1 heterocycles. The van der Waals surface area contributed by atoms with Gasteiger partial charge in [0.1, 0.15) is 0 Å². The predicted molar refractivity (Wildman–Crippen MR) is 58.5 cm³/mol. The van der Waals surface area contributed by atoms with E-state index in [1.807, 2.05) is 0 Å². The summed E-state index contributed by atoms with van der Waals surface area (Å²) in [5, 5.41) is 3.46. The molecule has 0 saturated carbocycles. The van der Waals surface area contributed by atoms with Crippen LogP contribution in [0.2, 0.25) is 0 Å². The van der Waals surface area contributed by atoms with Crippen molar-refractivity contribution in [1.82, 2.24) is 5.32 Å². The number of allylic oxidation sites excluding steroid dienone is 2. The number of carbonyl (C=O) groups is 1. The number of hydrogen-bond acceptors (Lipinski definition) is 3. The molecule has 1 unspecified atom stereocenters. The van der Waals surface area contributed by atoms with E-state index in [1.165, 1.54) is 0 Å². The van der Waals surface area contributed by atoms with Crippen molar-refractivity contribution < 1.29 is 9.53 Å². The number of hydrogen-bond donors (Lipinski definition) is 1. The lowest BCUT2D eigenvalue weighted by molar-refractivity contribution is -0.114. The third kappa shape index (κ3) is 2.81. The van der Waals surface area contributed by atoms with E-state index in [4.69, 9.17) is 4.74 Å². The maximum atomic E-state index is 11.1. The smallest absolute Gasteiger partial charge is 0.157 e. The molecule has 3 heteroatoms. The molecule has 1 saturated heterocycles. The second-order valence-electron chi connectivity index (χ2n) is 4.52. The van der Waals surface area contributed by atoms with Crippen LogP contribution in [-0.2, 0) is 9.53 Å². The average molecular weight is 209 g/mol. The molecule has 0 spiro atoms. The van der Waals surface area contributed by atoms with Crippen molar-refractivity contribution in [2.45, 2.75) is 38.6 Å². The van der Waals surface area contributed by atoms with Crippen molar-refractivity contribution in [3.05, 3.63) is 11.8 Å². The Kier molecular flexibility index (Phi) is 3.41. The van der Waals surface area contributed by atoms with E-state index in [0.717, 1.165) is 38.2 Å². The molecule has 1 fully saturated rings. The first-order valence-electron chi connectivity index (χ1n) is 5.83. The first-order chi connectivity index (χ1) is 7.25. The van der Waals surface area contributed by atoms with Crippen molar-refractivity contribution in [2.75, 3.05) is 13.2 Å². The Morgan fingerprint density at radius 1 is 1.40 bits per heavy atom. The van der Waals surface area contributed by atoms with Crippen molar-refractivity contribution >= 4 is 5.78 Å². The maximum absolute atomic E-state index is 11.1. The minimum atomic E-state index is 0.261. The van der Waals surface area contributed by atoms with Gasteiger partial charge in [0.2, 0.25) is 0 Å². The van der Waals surface area contributed by atoms with Crippen LogP contribution in [0.3, 0.4) is 0 Å². The quantitative estimate of drug-likeness (QED) is 0.768. The van der Waals surface area contributed by atoms with Gasteiger partial charge in [-0.2, -0.15) is 0 Å². The summed E-state index contributed by atoms with van der Waals surface area (Å²) >= 11 is 0. The minimum absolute atomic E-state index is 0.261. The van der Waals surface area contributed by atoms with Crippen LogP contribution in [0.5, 0.6) is 0 Å². The lowest BCUT2D eigenvalue weighted by atomic mass is 9.93. The number of carbonyl (C=O) groups excluding carboxylic acids is 1. The van der Waals surface area contributed by atoms with E-state index in [9.17, 15) is 4.79 Å². The van der Waals surface area contributed by atoms with Crippen LogP contribution in [0.15, 0.2) is 11.8 Å². The summed E-state index contributed by atoms with van der Waals surface area (Å²) in [5.41, 5.74) is 1.12. The van der Waals surface area contributed by atoms with E-state index < -0.39 is 0 Å². The fraction of sp³-hybridized carbons (Fsp3) is 0.750. The Morgan fingerprint density at radius 3 is 2.73 bits per heavy atom.